The minimum absolute atomic E-state index is 0.0419. The summed E-state index contributed by atoms with van der Waals surface area (Å²) in [6.45, 7) is 0. The van der Waals surface area contributed by atoms with Crippen LogP contribution in [0.2, 0.25) is 0 Å². The zero-order chi connectivity index (χ0) is 15.4. The quantitative estimate of drug-likeness (QED) is 0.911. The van der Waals surface area contributed by atoms with Gasteiger partial charge in [-0.15, -0.1) is 0 Å². The lowest BCUT2D eigenvalue weighted by atomic mass is 10.0. The summed E-state index contributed by atoms with van der Waals surface area (Å²) < 4.78 is 12.9. The van der Waals surface area contributed by atoms with Gasteiger partial charge in [-0.2, -0.15) is 0 Å². The number of nitrogens with zero attached hydrogens (tertiary/aromatic N) is 1. The summed E-state index contributed by atoms with van der Waals surface area (Å²) in [5.74, 6) is 0.0616. The maximum absolute atomic E-state index is 12.9. The van der Waals surface area contributed by atoms with Gasteiger partial charge in [-0.25, -0.2) is 4.39 Å². The van der Waals surface area contributed by atoms with Crippen LogP contribution in [-0.2, 0) is 17.7 Å². The molecule has 114 valence electrons. The van der Waals surface area contributed by atoms with Crippen LogP contribution in [0.5, 0.6) is 5.75 Å². The van der Waals surface area contributed by atoms with Gasteiger partial charge in [0.05, 0.1) is 5.71 Å². The molecule has 22 heavy (non-hydrogen) atoms. The fraction of sp³-hybridized carbons (Fsp3) is 0.278. The number of benzene rings is 2. The molecule has 3 nitrogen and oxygen atoms in total. The standard InChI is InChI=1S/C18H18FNO2/c19-15-6-1-14(2-7-15)11-18-12-16(20-22-18)8-3-13-4-9-17(21)10-5-13/h1-2,4-7,9-10,18,21H,3,8,11-12H2. The number of hydrogen-bond donors (Lipinski definition) is 1. The van der Waals surface area contributed by atoms with E-state index >= 15 is 0 Å². The van der Waals surface area contributed by atoms with Gasteiger partial charge in [0, 0.05) is 12.8 Å². The van der Waals surface area contributed by atoms with Crippen molar-refractivity contribution >= 4 is 5.71 Å². The van der Waals surface area contributed by atoms with Crippen LogP contribution < -0.4 is 0 Å². The Labute approximate surface area is 129 Å². The molecule has 1 aliphatic heterocycles. The van der Waals surface area contributed by atoms with Crippen LogP contribution in [-0.4, -0.2) is 16.9 Å². The summed E-state index contributed by atoms with van der Waals surface area (Å²) >= 11 is 0. The monoisotopic (exact) mass is 299 g/mol. The molecule has 0 saturated heterocycles. The summed E-state index contributed by atoms with van der Waals surface area (Å²) in [5, 5.41) is 13.4. The van der Waals surface area contributed by atoms with Crippen molar-refractivity contribution in [3.63, 3.8) is 0 Å². The minimum Gasteiger partial charge on any atom is -0.508 e. The summed E-state index contributed by atoms with van der Waals surface area (Å²) in [7, 11) is 0. The Morgan fingerprint density at radius 3 is 2.41 bits per heavy atom. The first-order valence-electron chi connectivity index (χ1n) is 7.43. The van der Waals surface area contributed by atoms with Crippen LogP contribution in [0.25, 0.3) is 0 Å². The first-order valence-corrected chi connectivity index (χ1v) is 7.43. The van der Waals surface area contributed by atoms with Crippen LogP contribution in [0.15, 0.2) is 53.7 Å². The minimum atomic E-state index is -0.220. The van der Waals surface area contributed by atoms with Crippen LogP contribution in [0.3, 0.4) is 0 Å². The average Bonchev–Trinajstić information content (AvgIpc) is 2.97. The fourth-order valence-electron chi connectivity index (χ4n) is 2.58. The molecule has 0 amide bonds. The van der Waals surface area contributed by atoms with E-state index in [4.69, 9.17) is 4.84 Å². The van der Waals surface area contributed by atoms with Gasteiger partial charge in [0.25, 0.3) is 0 Å². The van der Waals surface area contributed by atoms with E-state index in [9.17, 15) is 9.50 Å². The smallest absolute Gasteiger partial charge is 0.136 e. The number of aromatic hydroxyl groups is 1. The van der Waals surface area contributed by atoms with Crippen molar-refractivity contribution < 1.29 is 14.3 Å². The van der Waals surface area contributed by atoms with E-state index in [1.807, 2.05) is 12.1 Å². The molecule has 3 rings (SSSR count). The highest BCUT2D eigenvalue weighted by Gasteiger charge is 2.21. The lowest BCUT2D eigenvalue weighted by molar-refractivity contribution is 0.0859. The Morgan fingerprint density at radius 2 is 1.68 bits per heavy atom. The topological polar surface area (TPSA) is 41.8 Å². The molecular weight excluding hydrogens is 281 g/mol. The zero-order valence-corrected chi connectivity index (χ0v) is 12.2. The first kappa shape index (κ1) is 14.6. The number of halogens is 1. The third-order valence-electron chi connectivity index (χ3n) is 3.81. The van der Waals surface area contributed by atoms with Gasteiger partial charge in [-0.1, -0.05) is 29.4 Å². The molecule has 2 aromatic rings. The van der Waals surface area contributed by atoms with Crippen LogP contribution >= 0.6 is 0 Å². The zero-order valence-electron chi connectivity index (χ0n) is 12.2. The molecule has 1 unspecified atom stereocenters. The molecular formula is C18H18FNO2. The van der Waals surface area contributed by atoms with Gasteiger partial charge in [-0.05, 0) is 48.2 Å². The highest BCUT2D eigenvalue weighted by Crippen LogP contribution is 2.19. The fourth-order valence-corrected chi connectivity index (χ4v) is 2.58. The summed E-state index contributed by atoms with van der Waals surface area (Å²) in [5.41, 5.74) is 3.28. The number of aryl methyl sites for hydroxylation is 1. The summed E-state index contributed by atoms with van der Waals surface area (Å²) in [6.07, 6.45) is 3.33. The second-order valence-electron chi connectivity index (χ2n) is 5.59. The Bertz CT molecular complexity index is 650. The van der Waals surface area contributed by atoms with Crippen molar-refractivity contribution in [2.75, 3.05) is 0 Å². The van der Waals surface area contributed by atoms with Gasteiger partial charge in [0.15, 0.2) is 0 Å². The number of phenolic OH excluding ortho intramolecular Hbond substituents is 1. The lowest BCUT2D eigenvalue weighted by Gasteiger charge is -2.08. The highest BCUT2D eigenvalue weighted by molar-refractivity contribution is 5.85. The first-order chi connectivity index (χ1) is 10.7. The molecule has 1 N–H and O–H groups in total. The molecule has 0 aliphatic carbocycles. The summed E-state index contributed by atoms with van der Waals surface area (Å²) in [6, 6.07) is 13.7. The highest BCUT2D eigenvalue weighted by atomic mass is 19.1. The van der Waals surface area contributed by atoms with Crippen molar-refractivity contribution in [1.29, 1.82) is 0 Å². The van der Waals surface area contributed by atoms with E-state index in [1.54, 1.807) is 24.3 Å². The molecule has 2 aromatic carbocycles. The van der Waals surface area contributed by atoms with E-state index in [-0.39, 0.29) is 17.7 Å². The molecule has 0 bridgehead atoms. The Hall–Kier alpha value is -2.36. The number of oxime groups is 1. The molecule has 1 atom stereocenters. The second kappa shape index (κ2) is 6.60. The molecule has 0 saturated carbocycles. The van der Waals surface area contributed by atoms with Gasteiger partial charge >= 0.3 is 0 Å². The Kier molecular flexibility index (Phi) is 4.37. The number of rotatable bonds is 5. The van der Waals surface area contributed by atoms with E-state index in [0.29, 0.717) is 0 Å². The Morgan fingerprint density at radius 1 is 1.00 bits per heavy atom. The average molecular weight is 299 g/mol. The van der Waals surface area contributed by atoms with E-state index in [1.165, 1.54) is 17.7 Å². The van der Waals surface area contributed by atoms with Crippen molar-refractivity contribution in [1.82, 2.24) is 0 Å². The van der Waals surface area contributed by atoms with E-state index < -0.39 is 0 Å². The van der Waals surface area contributed by atoms with Crippen LogP contribution in [0.1, 0.15) is 24.0 Å². The third kappa shape index (κ3) is 3.85. The maximum Gasteiger partial charge on any atom is 0.136 e. The largest absolute Gasteiger partial charge is 0.508 e. The molecule has 1 heterocycles. The predicted molar refractivity (Wildman–Crippen MR) is 83.5 cm³/mol. The van der Waals surface area contributed by atoms with Gasteiger partial charge in [-0.3, -0.25) is 0 Å². The normalized spacial score (nSPS) is 17.1. The van der Waals surface area contributed by atoms with Gasteiger partial charge in [0.2, 0.25) is 0 Å². The molecule has 4 heteroatoms. The maximum atomic E-state index is 12.9. The molecule has 1 aliphatic rings. The molecule has 0 fully saturated rings. The number of phenols is 1. The van der Waals surface area contributed by atoms with Gasteiger partial charge in [0.1, 0.15) is 17.7 Å². The van der Waals surface area contributed by atoms with Crippen LogP contribution in [0, 0.1) is 5.82 Å². The lowest BCUT2D eigenvalue weighted by Crippen LogP contribution is -2.11. The van der Waals surface area contributed by atoms with Crippen LogP contribution in [0.4, 0.5) is 4.39 Å². The predicted octanol–water partition coefficient (Wildman–Crippen LogP) is 3.85. The second-order valence-corrected chi connectivity index (χ2v) is 5.59. The van der Waals surface area contributed by atoms with E-state index in [0.717, 1.165) is 37.0 Å². The van der Waals surface area contributed by atoms with Crippen molar-refractivity contribution in [2.45, 2.75) is 31.8 Å². The molecule has 0 aromatic heterocycles. The molecule has 0 spiro atoms. The van der Waals surface area contributed by atoms with E-state index in [2.05, 4.69) is 5.16 Å². The third-order valence-corrected chi connectivity index (χ3v) is 3.81. The molecule has 0 radical (unpaired) electrons. The number of hydrogen-bond acceptors (Lipinski definition) is 3. The summed E-state index contributed by atoms with van der Waals surface area (Å²) in [4.78, 5) is 5.46. The Balaban J connectivity index is 1.47. The van der Waals surface area contributed by atoms with Gasteiger partial charge < -0.3 is 9.94 Å². The SMILES string of the molecule is Oc1ccc(CCC2=NOC(Cc3ccc(F)cc3)C2)cc1. The van der Waals surface area contributed by atoms with Crippen molar-refractivity contribution in [3.05, 3.63) is 65.5 Å². The van der Waals surface area contributed by atoms with Crippen molar-refractivity contribution in [2.24, 2.45) is 5.16 Å². The van der Waals surface area contributed by atoms with Crippen molar-refractivity contribution in [3.8, 4) is 5.75 Å².